The van der Waals surface area contributed by atoms with Crippen molar-refractivity contribution in [3.05, 3.63) is 46.7 Å². The Hall–Kier alpha value is -1.42. The number of aromatic nitrogens is 2. The first kappa shape index (κ1) is 10.1. The van der Waals surface area contributed by atoms with Crippen LogP contribution in [0, 0.1) is 6.92 Å². The fraction of sp³-hybridized carbons (Fsp3) is 0.0909. The molecule has 0 bridgehead atoms. The molecule has 3 nitrogen and oxygen atoms in total. The molecule has 1 aromatic carbocycles. The lowest BCUT2D eigenvalue weighted by atomic mass is 10.2. The zero-order chi connectivity index (χ0) is 10.7. The van der Waals surface area contributed by atoms with Crippen molar-refractivity contribution >= 4 is 27.6 Å². The Bertz CT molecular complexity index is 454. The zero-order valence-corrected chi connectivity index (χ0v) is 9.82. The van der Waals surface area contributed by atoms with Crippen LogP contribution in [0.1, 0.15) is 5.56 Å². The van der Waals surface area contributed by atoms with Gasteiger partial charge in [0.15, 0.2) is 0 Å². The minimum absolute atomic E-state index is 0.591. The molecule has 1 aromatic heterocycles. The second kappa shape index (κ2) is 4.40. The molecule has 0 saturated heterocycles. The maximum Gasteiger partial charge on any atom is 0.228 e. The lowest BCUT2D eigenvalue weighted by Gasteiger charge is -2.04. The molecular weight excluding hydrogens is 254 g/mol. The Morgan fingerprint density at radius 3 is 2.53 bits per heavy atom. The normalized spacial score (nSPS) is 10.0. The molecule has 2 rings (SSSR count). The van der Waals surface area contributed by atoms with Crippen molar-refractivity contribution in [1.82, 2.24) is 9.97 Å². The van der Waals surface area contributed by atoms with E-state index in [1.165, 1.54) is 5.56 Å². The SMILES string of the molecule is Cc1ccc(Nc2nccc(Br)n2)cc1. The fourth-order valence-corrected chi connectivity index (χ4v) is 1.45. The summed E-state index contributed by atoms with van der Waals surface area (Å²) >= 11 is 3.30. The Morgan fingerprint density at radius 1 is 1.13 bits per heavy atom. The highest BCUT2D eigenvalue weighted by atomic mass is 79.9. The lowest BCUT2D eigenvalue weighted by Crippen LogP contribution is -1.96. The van der Waals surface area contributed by atoms with Crippen LogP contribution >= 0.6 is 15.9 Å². The molecule has 0 atom stereocenters. The number of benzene rings is 1. The average Bonchev–Trinajstić information content (AvgIpc) is 2.22. The van der Waals surface area contributed by atoms with E-state index in [9.17, 15) is 0 Å². The number of nitrogens with zero attached hydrogens (tertiary/aromatic N) is 2. The number of hydrogen-bond acceptors (Lipinski definition) is 3. The first-order valence-electron chi connectivity index (χ1n) is 4.56. The molecule has 0 spiro atoms. The van der Waals surface area contributed by atoms with Crippen LogP contribution in [-0.4, -0.2) is 9.97 Å². The smallest absolute Gasteiger partial charge is 0.228 e. The van der Waals surface area contributed by atoms with Gasteiger partial charge in [-0.1, -0.05) is 17.7 Å². The first-order chi connectivity index (χ1) is 7.24. The molecule has 0 amide bonds. The monoisotopic (exact) mass is 263 g/mol. The predicted octanol–water partition coefficient (Wildman–Crippen LogP) is 3.29. The summed E-state index contributed by atoms with van der Waals surface area (Å²) in [5.41, 5.74) is 2.22. The number of nitrogens with one attached hydrogen (secondary N) is 1. The van der Waals surface area contributed by atoms with Crippen molar-refractivity contribution in [3.63, 3.8) is 0 Å². The highest BCUT2D eigenvalue weighted by Gasteiger charge is 1.97. The minimum atomic E-state index is 0.591. The van der Waals surface area contributed by atoms with Crippen LogP contribution in [0.5, 0.6) is 0 Å². The molecular formula is C11H10BrN3. The van der Waals surface area contributed by atoms with Gasteiger partial charge in [0.05, 0.1) is 0 Å². The topological polar surface area (TPSA) is 37.8 Å². The van der Waals surface area contributed by atoms with Crippen molar-refractivity contribution in [3.8, 4) is 0 Å². The van der Waals surface area contributed by atoms with Gasteiger partial charge in [0.1, 0.15) is 4.60 Å². The van der Waals surface area contributed by atoms with Gasteiger partial charge in [0.2, 0.25) is 5.95 Å². The predicted molar refractivity (Wildman–Crippen MR) is 64.2 cm³/mol. The van der Waals surface area contributed by atoms with Crippen molar-refractivity contribution in [2.45, 2.75) is 6.92 Å². The van der Waals surface area contributed by atoms with Crippen molar-refractivity contribution in [2.24, 2.45) is 0 Å². The molecule has 76 valence electrons. The van der Waals surface area contributed by atoms with Crippen molar-refractivity contribution in [2.75, 3.05) is 5.32 Å². The van der Waals surface area contributed by atoms with E-state index in [-0.39, 0.29) is 0 Å². The second-order valence-electron chi connectivity index (χ2n) is 3.19. The van der Waals surface area contributed by atoms with Crippen LogP contribution < -0.4 is 5.32 Å². The third-order valence-corrected chi connectivity index (χ3v) is 2.37. The van der Waals surface area contributed by atoms with E-state index >= 15 is 0 Å². The second-order valence-corrected chi connectivity index (χ2v) is 4.01. The molecule has 2 aromatic rings. The van der Waals surface area contributed by atoms with E-state index < -0.39 is 0 Å². The molecule has 15 heavy (non-hydrogen) atoms. The molecule has 1 N–H and O–H groups in total. The third kappa shape index (κ3) is 2.76. The minimum Gasteiger partial charge on any atom is -0.324 e. The molecule has 0 radical (unpaired) electrons. The van der Waals surface area contributed by atoms with Gasteiger partial charge in [0.25, 0.3) is 0 Å². The van der Waals surface area contributed by atoms with Gasteiger partial charge >= 0.3 is 0 Å². The van der Waals surface area contributed by atoms with Crippen LogP contribution in [0.15, 0.2) is 41.1 Å². The summed E-state index contributed by atoms with van der Waals surface area (Å²) in [6.07, 6.45) is 1.70. The van der Waals surface area contributed by atoms with Crippen molar-refractivity contribution in [1.29, 1.82) is 0 Å². The van der Waals surface area contributed by atoms with Crippen LogP contribution in [0.4, 0.5) is 11.6 Å². The average molecular weight is 264 g/mol. The quantitative estimate of drug-likeness (QED) is 0.846. The van der Waals surface area contributed by atoms with E-state index in [4.69, 9.17) is 0 Å². The van der Waals surface area contributed by atoms with E-state index in [2.05, 4.69) is 38.1 Å². The summed E-state index contributed by atoms with van der Waals surface area (Å²) in [5, 5.41) is 3.12. The molecule has 4 heteroatoms. The molecule has 0 fully saturated rings. The fourth-order valence-electron chi connectivity index (χ4n) is 1.16. The number of aryl methyl sites for hydroxylation is 1. The van der Waals surface area contributed by atoms with Crippen LogP contribution in [0.3, 0.4) is 0 Å². The maximum absolute atomic E-state index is 4.19. The third-order valence-electron chi connectivity index (χ3n) is 1.93. The first-order valence-corrected chi connectivity index (χ1v) is 5.35. The number of hydrogen-bond donors (Lipinski definition) is 1. The number of halogens is 1. The van der Waals surface area contributed by atoms with Gasteiger partial charge in [-0.2, -0.15) is 0 Å². The molecule has 1 heterocycles. The summed E-state index contributed by atoms with van der Waals surface area (Å²) < 4.78 is 0.770. The van der Waals surface area contributed by atoms with E-state index in [1.54, 1.807) is 12.3 Å². The molecule has 0 saturated carbocycles. The van der Waals surface area contributed by atoms with Gasteiger partial charge < -0.3 is 5.32 Å². The summed E-state index contributed by atoms with van der Waals surface area (Å²) in [5.74, 6) is 0.591. The summed E-state index contributed by atoms with van der Waals surface area (Å²) in [7, 11) is 0. The van der Waals surface area contributed by atoms with E-state index in [1.807, 2.05) is 24.3 Å². The molecule has 0 aliphatic carbocycles. The highest BCUT2D eigenvalue weighted by molar-refractivity contribution is 9.10. The van der Waals surface area contributed by atoms with Gasteiger partial charge in [-0.05, 0) is 41.1 Å². The Morgan fingerprint density at radius 2 is 1.87 bits per heavy atom. The number of rotatable bonds is 2. The summed E-state index contributed by atoms with van der Waals surface area (Å²) in [4.78, 5) is 8.29. The largest absolute Gasteiger partial charge is 0.324 e. The van der Waals surface area contributed by atoms with Crippen LogP contribution in [0.2, 0.25) is 0 Å². The highest BCUT2D eigenvalue weighted by Crippen LogP contribution is 2.14. The van der Waals surface area contributed by atoms with Gasteiger partial charge in [0, 0.05) is 11.9 Å². The lowest BCUT2D eigenvalue weighted by molar-refractivity contribution is 1.14. The summed E-state index contributed by atoms with van der Waals surface area (Å²) in [6.45, 7) is 2.05. The Labute approximate surface area is 96.7 Å². The Balaban J connectivity index is 2.18. The van der Waals surface area contributed by atoms with E-state index in [0.29, 0.717) is 5.95 Å². The van der Waals surface area contributed by atoms with Gasteiger partial charge in [-0.3, -0.25) is 0 Å². The maximum atomic E-state index is 4.19. The van der Waals surface area contributed by atoms with Crippen LogP contribution in [0.25, 0.3) is 0 Å². The van der Waals surface area contributed by atoms with Crippen molar-refractivity contribution < 1.29 is 0 Å². The molecule has 0 aliphatic heterocycles. The number of anilines is 2. The van der Waals surface area contributed by atoms with E-state index in [0.717, 1.165) is 10.3 Å². The zero-order valence-electron chi connectivity index (χ0n) is 8.24. The van der Waals surface area contributed by atoms with Crippen LogP contribution in [-0.2, 0) is 0 Å². The molecule has 0 aliphatic rings. The molecule has 0 unspecified atom stereocenters. The van der Waals surface area contributed by atoms with Gasteiger partial charge in [-0.25, -0.2) is 9.97 Å². The van der Waals surface area contributed by atoms with Gasteiger partial charge in [-0.15, -0.1) is 0 Å². The standard InChI is InChI=1S/C11H10BrN3/c1-8-2-4-9(5-3-8)14-11-13-7-6-10(12)15-11/h2-7H,1H3,(H,13,14,15). The summed E-state index contributed by atoms with van der Waals surface area (Å²) in [6, 6.07) is 9.88. The Kier molecular flexibility index (Phi) is 2.97.